The van der Waals surface area contributed by atoms with E-state index in [2.05, 4.69) is 26.9 Å². The van der Waals surface area contributed by atoms with Crippen LogP contribution >= 0.6 is 0 Å². The Morgan fingerprint density at radius 3 is 2.47 bits per heavy atom. The fourth-order valence-corrected chi connectivity index (χ4v) is 6.47. The van der Waals surface area contributed by atoms with E-state index < -0.39 is 27.3 Å². The maximum absolute atomic E-state index is 13.2. The highest BCUT2D eigenvalue weighted by Crippen LogP contribution is 2.34. The predicted octanol–water partition coefficient (Wildman–Crippen LogP) is 2.25. The highest BCUT2D eigenvalue weighted by molar-refractivity contribution is 7.89. The van der Waals surface area contributed by atoms with Gasteiger partial charge in [0.15, 0.2) is 11.4 Å². The first-order chi connectivity index (χ1) is 20.6. The van der Waals surface area contributed by atoms with Gasteiger partial charge in [-0.05, 0) is 60.7 Å². The number of imide groups is 1. The topological polar surface area (TPSA) is 144 Å². The molecule has 3 amide bonds. The molecule has 1 aliphatic carbocycles. The van der Waals surface area contributed by atoms with Crippen LogP contribution in [0, 0.1) is 17.3 Å². The molecule has 2 aromatic carbocycles. The van der Waals surface area contributed by atoms with Gasteiger partial charge < -0.3 is 14.4 Å². The van der Waals surface area contributed by atoms with Crippen molar-refractivity contribution < 1.29 is 32.3 Å². The second-order valence-corrected chi connectivity index (χ2v) is 12.5. The average molecular weight is 601 g/mol. The van der Waals surface area contributed by atoms with Gasteiger partial charge >= 0.3 is 0 Å². The second kappa shape index (κ2) is 10.8. The fraction of sp³-hybridized carbons (Fsp3) is 0.290. The SMILES string of the molecule is COc1ccc2c(c1)C(=O)N(C[C@@]1(C#Cc3nc(-c4ccc(S(=O)(=O)NC5CC5)cc4)ccc3OC)CC(=O)NC1=O)C2. The van der Waals surface area contributed by atoms with E-state index >= 15 is 0 Å². The summed E-state index contributed by atoms with van der Waals surface area (Å²) in [5.41, 5.74) is 1.15. The van der Waals surface area contributed by atoms with Crippen LogP contribution in [0.15, 0.2) is 59.5 Å². The number of nitrogens with zero attached hydrogens (tertiary/aromatic N) is 2. The Morgan fingerprint density at radius 2 is 1.81 bits per heavy atom. The smallest absolute Gasteiger partial charge is 0.254 e. The largest absolute Gasteiger partial charge is 0.497 e. The Bertz CT molecular complexity index is 1820. The monoisotopic (exact) mass is 600 g/mol. The molecular formula is C31H28N4O7S. The number of nitrogens with one attached hydrogen (secondary N) is 2. The highest BCUT2D eigenvalue weighted by Gasteiger charge is 2.48. The molecule has 1 saturated heterocycles. The molecule has 2 fully saturated rings. The van der Waals surface area contributed by atoms with Gasteiger partial charge in [0.25, 0.3) is 5.91 Å². The summed E-state index contributed by atoms with van der Waals surface area (Å²) in [6.07, 6.45) is 1.46. The Kier molecular flexibility index (Phi) is 7.15. The van der Waals surface area contributed by atoms with Crippen LogP contribution in [0.1, 0.15) is 40.9 Å². The first-order valence-corrected chi connectivity index (χ1v) is 15.1. The number of ether oxygens (including phenoxy) is 2. The van der Waals surface area contributed by atoms with Crippen LogP contribution in [0.2, 0.25) is 0 Å². The van der Waals surface area contributed by atoms with Gasteiger partial charge in [-0.25, -0.2) is 18.1 Å². The summed E-state index contributed by atoms with van der Waals surface area (Å²) in [6.45, 7) is 0.169. The maximum Gasteiger partial charge on any atom is 0.254 e. The third-order valence-corrected chi connectivity index (χ3v) is 9.20. The number of fused-ring (bicyclic) bond motifs is 1. The summed E-state index contributed by atoms with van der Waals surface area (Å²) in [4.78, 5) is 45.0. The third kappa shape index (κ3) is 5.57. The van der Waals surface area contributed by atoms with Gasteiger partial charge in [-0.15, -0.1) is 0 Å². The summed E-state index contributed by atoms with van der Waals surface area (Å²) in [5, 5.41) is 2.33. The van der Waals surface area contributed by atoms with E-state index in [4.69, 9.17) is 9.47 Å². The van der Waals surface area contributed by atoms with Gasteiger partial charge in [0, 0.05) is 30.3 Å². The van der Waals surface area contributed by atoms with Crippen LogP contribution in [0.4, 0.5) is 0 Å². The highest BCUT2D eigenvalue weighted by atomic mass is 32.2. The number of aromatic nitrogens is 1. The number of hydrogen-bond donors (Lipinski definition) is 2. The number of carbonyl (C=O) groups excluding carboxylic acids is 3. The van der Waals surface area contributed by atoms with Crippen molar-refractivity contribution in [3.8, 4) is 34.6 Å². The Morgan fingerprint density at radius 1 is 1.05 bits per heavy atom. The summed E-state index contributed by atoms with van der Waals surface area (Å²) in [7, 11) is -0.618. The van der Waals surface area contributed by atoms with Crippen molar-refractivity contribution in [1.29, 1.82) is 0 Å². The molecule has 0 unspecified atom stereocenters. The van der Waals surface area contributed by atoms with Crippen LogP contribution in [0.25, 0.3) is 11.3 Å². The lowest BCUT2D eigenvalue weighted by Crippen LogP contribution is -2.42. The van der Waals surface area contributed by atoms with E-state index in [1.54, 1.807) is 42.5 Å². The van der Waals surface area contributed by atoms with Crippen molar-refractivity contribution in [1.82, 2.24) is 19.9 Å². The van der Waals surface area contributed by atoms with Crippen molar-refractivity contribution in [3.63, 3.8) is 0 Å². The molecule has 0 radical (unpaired) electrons. The summed E-state index contributed by atoms with van der Waals surface area (Å²) >= 11 is 0. The normalized spacial score (nSPS) is 19.5. The Labute approximate surface area is 248 Å². The lowest BCUT2D eigenvalue weighted by atomic mass is 9.86. The van der Waals surface area contributed by atoms with Gasteiger partial charge in [0.2, 0.25) is 21.8 Å². The predicted molar refractivity (Wildman–Crippen MR) is 154 cm³/mol. The molecule has 3 heterocycles. The molecule has 12 heteroatoms. The van der Waals surface area contributed by atoms with E-state index in [0.29, 0.717) is 28.3 Å². The van der Waals surface area contributed by atoms with Crippen LogP contribution in [-0.2, 0) is 26.2 Å². The zero-order chi connectivity index (χ0) is 30.4. The number of pyridine rings is 1. The zero-order valence-corrected chi connectivity index (χ0v) is 24.3. The molecule has 1 aromatic heterocycles. The molecule has 3 aromatic rings. The van der Waals surface area contributed by atoms with Gasteiger partial charge in [-0.1, -0.05) is 24.1 Å². The van der Waals surface area contributed by atoms with E-state index in [1.807, 2.05) is 0 Å². The minimum atomic E-state index is -3.60. The van der Waals surface area contributed by atoms with Crippen molar-refractivity contribution >= 4 is 27.7 Å². The molecule has 43 heavy (non-hydrogen) atoms. The lowest BCUT2D eigenvalue weighted by molar-refractivity contribution is -0.127. The average Bonchev–Trinajstić information content (AvgIpc) is 3.69. The van der Waals surface area contributed by atoms with E-state index in [0.717, 1.165) is 18.4 Å². The summed E-state index contributed by atoms with van der Waals surface area (Å²) in [5.74, 6) is 5.45. The standard InChI is InChI=1S/C31H28N4O7S/c1-41-22-8-3-20-17-35(29(37)24(20)15-22)18-31(16-28(36)33-30(31)38)14-13-26-27(42-2)12-11-25(32-26)19-4-9-23(10-5-19)43(39,40)34-21-6-7-21/h3-5,8-12,15,21,34H,6-7,16-18H2,1-2H3,(H,33,36,38)/t31-/m1/s1. The Hall–Kier alpha value is -4.73. The van der Waals surface area contributed by atoms with Crippen LogP contribution in [-0.4, -0.2) is 62.8 Å². The quantitative estimate of drug-likeness (QED) is 0.296. The summed E-state index contributed by atoms with van der Waals surface area (Å²) < 4.78 is 38.5. The minimum Gasteiger partial charge on any atom is -0.497 e. The Balaban J connectivity index is 1.30. The van der Waals surface area contributed by atoms with E-state index in [9.17, 15) is 22.8 Å². The fourth-order valence-electron chi connectivity index (χ4n) is 5.17. The second-order valence-electron chi connectivity index (χ2n) is 10.7. The lowest BCUT2D eigenvalue weighted by Gasteiger charge is -2.25. The van der Waals surface area contributed by atoms with Crippen LogP contribution in [0.3, 0.4) is 0 Å². The van der Waals surface area contributed by atoms with Crippen molar-refractivity contribution in [3.05, 3.63) is 71.4 Å². The number of methoxy groups -OCH3 is 2. The van der Waals surface area contributed by atoms with Crippen molar-refractivity contribution in [2.75, 3.05) is 20.8 Å². The first-order valence-electron chi connectivity index (χ1n) is 13.6. The summed E-state index contributed by atoms with van der Waals surface area (Å²) in [6, 6.07) is 14.9. The van der Waals surface area contributed by atoms with Crippen LogP contribution in [0.5, 0.6) is 11.5 Å². The van der Waals surface area contributed by atoms with Gasteiger partial charge in [0.05, 0.1) is 31.2 Å². The molecule has 6 rings (SSSR count). The molecule has 2 N–H and O–H groups in total. The van der Waals surface area contributed by atoms with Crippen LogP contribution < -0.4 is 19.5 Å². The molecule has 3 aliphatic rings. The molecule has 2 aliphatic heterocycles. The number of amides is 3. The van der Waals surface area contributed by atoms with Gasteiger partial charge in [-0.3, -0.25) is 19.7 Å². The van der Waals surface area contributed by atoms with Crippen molar-refractivity contribution in [2.24, 2.45) is 5.41 Å². The molecule has 1 atom stereocenters. The molecule has 11 nitrogen and oxygen atoms in total. The third-order valence-electron chi connectivity index (χ3n) is 7.66. The molecule has 220 valence electrons. The van der Waals surface area contributed by atoms with E-state index in [-0.39, 0.29) is 42.0 Å². The number of hydrogen-bond acceptors (Lipinski definition) is 8. The number of carbonyl (C=O) groups is 3. The number of sulfonamides is 1. The molecule has 1 saturated carbocycles. The molecular weight excluding hydrogens is 572 g/mol. The van der Waals surface area contributed by atoms with E-state index in [1.165, 1.54) is 31.3 Å². The van der Waals surface area contributed by atoms with Gasteiger partial charge in [-0.2, -0.15) is 0 Å². The zero-order valence-electron chi connectivity index (χ0n) is 23.5. The first kappa shape index (κ1) is 28.4. The number of rotatable bonds is 8. The molecule has 0 spiro atoms. The minimum absolute atomic E-state index is 0.00275. The van der Waals surface area contributed by atoms with Crippen molar-refractivity contribution in [2.45, 2.75) is 36.7 Å². The van der Waals surface area contributed by atoms with Gasteiger partial charge in [0.1, 0.15) is 11.2 Å². The number of benzene rings is 2. The molecule has 0 bridgehead atoms. The maximum atomic E-state index is 13.2.